The Kier molecular flexibility index (Phi) is 4.94. The van der Waals surface area contributed by atoms with Crippen molar-refractivity contribution < 1.29 is 17.7 Å². The van der Waals surface area contributed by atoms with Gasteiger partial charge in [0.15, 0.2) is 11.2 Å². The van der Waals surface area contributed by atoms with Gasteiger partial charge >= 0.3 is 0 Å². The highest BCUT2D eigenvalue weighted by atomic mass is 16.4. The van der Waals surface area contributed by atoms with E-state index in [2.05, 4.69) is 109 Å². The van der Waals surface area contributed by atoms with Crippen LogP contribution in [0.3, 0.4) is 0 Å². The molecule has 12 rings (SSSR count). The van der Waals surface area contributed by atoms with E-state index in [1.165, 1.54) is 0 Å². The molecule has 0 bridgehead atoms. The molecule has 12 aromatic rings. The molecule has 0 saturated carbocycles. The molecule has 0 aliphatic heterocycles. The quantitative estimate of drug-likeness (QED) is 0.176. The maximum absolute atomic E-state index is 6.82. The van der Waals surface area contributed by atoms with Crippen LogP contribution in [0.5, 0.6) is 0 Å². The van der Waals surface area contributed by atoms with Gasteiger partial charge in [0, 0.05) is 43.3 Å². The Labute approximate surface area is 283 Å². The summed E-state index contributed by atoms with van der Waals surface area (Å²) in [4.78, 5) is 0. The van der Waals surface area contributed by atoms with Crippen molar-refractivity contribution in [2.75, 3.05) is 0 Å². The summed E-state index contributed by atoms with van der Waals surface area (Å²) in [5.74, 6) is 0.811. The fourth-order valence-electron chi connectivity index (χ4n) is 8.34. The largest absolute Gasteiger partial charge is 0.456 e. The number of para-hydroxylation sites is 2. The normalized spacial score (nSPS) is 12.4. The van der Waals surface area contributed by atoms with E-state index in [0.29, 0.717) is 0 Å². The topological polar surface area (TPSA) is 52.6 Å². The molecular formula is C46H24O4. The standard InChI is InChI=1S/C46H24O4/c1-3-14-30-28(12-1)42(33-16-9-19-38-44(33)35-24-39-34(23-40(35)48-38)27-11-6-7-17-36(27)47-39)29-13-2-4-15-31(29)43(30)41-22-25-20-21-32-26-10-5-8-18-37(26)49-46(32)45(25)50-41/h1-24H. The first-order valence-corrected chi connectivity index (χ1v) is 16.8. The van der Waals surface area contributed by atoms with Crippen LogP contribution in [0.2, 0.25) is 0 Å². The molecule has 0 atom stereocenters. The molecule has 0 saturated heterocycles. The van der Waals surface area contributed by atoms with Crippen LogP contribution in [0.15, 0.2) is 163 Å². The van der Waals surface area contributed by atoms with Gasteiger partial charge in [-0.15, -0.1) is 0 Å². The summed E-state index contributed by atoms with van der Waals surface area (Å²) < 4.78 is 26.1. The second-order valence-corrected chi connectivity index (χ2v) is 13.1. The Morgan fingerprint density at radius 2 is 0.860 bits per heavy atom. The molecule has 0 fully saturated rings. The lowest BCUT2D eigenvalue weighted by molar-refractivity contribution is 0.612. The SMILES string of the molecule is c1ccc2c(c1)oc1cc3c(cc12)oc1cccc(-c2c4ccccc4c(-c4cc5ccc6c7ccccc7oc6c5o4)c4ccccc24)c13. The summed E-state index contributed by atoms with van der Waals surface area (Å²) in [5.41, 5.74) is 9.15. The van der Waals surface area contributed by atoms with Gasteiger partial charge in [0.25, 0.3) is 0 Å². The van der Waals surface area contributed by atoms with E-state index < -0.39 is 0 Å². The Morgan fingerprint density at radius 1 is 0.300 bits per heavy atom. The van der Waals surface area contributed by atoms with Crippen LogP contribution < -0.4 is 0 Å². The molecule has 4 aromatic heterocycles. The highest BCUT2D eigenvalue weighted by Gasteiger charge is 2.23. The van der Waals surface area contributed by atoms with Crippen LogP contribution in [0.1, 0.15) is 0 Å². The lowest BCUT2D eigenvalue weighted by atomic mass is 9.86. The lowest BCUT2D eigenvalue weighted by Crippen LogP contribution is -1.90. The van der Waals surface area contributed by atoms with Gasteiger partial charge < -0.3 is 17.7 Å². The average molecular weight is 641 g/mol. The third-order valence-corrected chi connectivity index (χ3v) is 10.5. The fraction of sp³-hybridized carbons (Fsp3) is 0. The summed E-state index contributed by atoms with van der Waals surface area (Å²) in [6.45, 7) is 0. The van der Waals surface area contributed by atoms with Crippen molar-refractivity contribution in [2.24, 2.45) is 0 Å². The molecule has 0 amide bonds. The van der Waals surface area contributed by atoms with Gasteiger partial charge in [-0.3, -0.25) is 0 Å². The van der Waals surface area contributed by atoms with Crippen molar-refractivity contribution in [1.29, 1.82) is 0 Å². The molecule has 0 N–H and O–H groups in total. The molecule has 0 aliphatic carbocycles. The minimum atomic E-state index is 0.762. The maximum Gasteiger partial charge on any atom is 0.178 e. The predicted molar refractivity (Wildman–Crippen MR) is 204 cm³/mol. The van der Waals surface area contributed by atoms with Crippen molar-refractivity contribution in [3.63, 3.8) is 0 Å². The molecule has 50 heavy (non-hydrogen) atoms. The zero-order valence-electron chi connectivity index (χ0n) is 26.5. The van der Waals surface area contributed by atoms with Crippen molar-refractivity contribution in [2.45, 2.75) is 0 Å². The molecule has 4 heterocycles. The van der Waals surface area contributed by atoms with Crippen LogP contribution >= 0.6 is 0 Å². The first-order chi connectivity index (χ1) is 24.8. The van der Waals surface area contributed by atoms with Gasteiger partial charge in [-0.1, -0.05) is 103 Å². The monoisotopic (exact) mass is 640 g/mol. The van der Waals surface area contributed by atoms with Gasteiger partial charge in [-0.2, -0.15) is 0 Å². The van der Waals surface area contributed by atoms with Crippen molar-refractivity contribution in [3.05, 3.63) is 146 Å². The Hall–Kier alpha value is -6.78. The van der Waals surface area contributed by atoms with Crippen molar-refractivity contribution >= 4 is 98.3 Å². The minimum Gasteiger partial charge on any atom is -0.456 e. The summed E-state index contributed by atoms with van der Waals surface area (Å²) in [5, 5.41) is 11.9. The summed E-state index contributed by atoms with van der Waals surface area (Å²) in [6.07, 6.45) is 0. The third-order valence-electron chi connectivity index (χ3n) is 10.5. The minimum absolute atomic E-state index is 0.762. The second-order valence-electron chi connectivity index (χ2n) is 13.1. The smallest absolute Gasteiger partial charge is 0.178 e. The summed E-state index contributed by atoms with van der Waals surface area (Å²) in [6, 6.07) is 50.7. The highest BCUT2D eigenvalue weighted by Crippen LogP contribution is 2.49. The van der Waals surface area contributed by atoms with Crippen LogP contribution in [0, 0.1) is 0 Å². The second kappa shape index (κ2) is 9.43. The first-order valence-electron chi connectivity index (χ1n) is 16.8. The Morgan fingerprint density at radius 3 is 1.60 bits per heavy atom. The van der Waals surface area contributed by atoms with Crippen LogP contribution in [-0.2, 0) is 0 Å². The summed E-state index contributed by atoms with van der Waals surface area (Å²) >= 11 is 0. The molecule has 232 valence electrons. The molecule has 4 heteroatoms. The Balaban J connectivity index is 1.17. The van der Waals surface area contributed by atoms with Gasteiger partial charge in [-0.25, -0.2) is 0 Å². The fourth-order valence-corrected chi connectivity index (χ4v) is 8.34. The zero-order valence-corrected chi connectivity index (χ0v) is 26.5. The molecular weight excluding hydrogens is 617 g/mol. The molecule has 0 aliphatic rings. The summed E-state index contributed by atoms with van der Waals surface area (Å²) in [7, 11) is 0. The maximum atomic E-state index is 6.82. The average Bonchev–Trinajstić information content (AvgIpc) is 3.93. The van der Waals surface area contributed by atoms with E-state index in [1.807, 2.05) is 36.4 Å². The van der Waals surface area contributed by atoms with E-state index in [-0.39, 0.29) is 0 Å². The Bertz CT molecular complexity index is 3330. The number of fused-ring (bicyclic) bond motifs is 13. The molecule has 0 radical (unpaired) electrons. The lowest BCUT2D eigenvalue weighted by Gasteiger charge is -2.17. The van der Waals surface area contributed by atoms with Gasteiger partial charge in [-0.05, 0) is 75.1 Å². The van der Waals surface area contributed by atoms with Gasteiger partial charge in [0.2, 0.25) is 0 Å². The molecule has 8 aromatic carbocycles. The van der Waals surface area contributed by atoms with E-state index in [0.717, 1.165) is 121 Å². The van der Waals surface area contributed by atoms with Crippen molar-refractivity contribution in [1.82, 2.24) is 0 Å². The first kappa shape index (κ1) is 26.2. The van der Waals surface area contributed by atoms with Crippen LogP contribution in [0.4, 0.5) is 0 Å². The van der Waals surface area contributed by atoms with E-state index in [4.69, 9.17) is 17.7 Å². The van der Waals surface area contributed by atoms with E-state index in [9.17, 15) is 0 Å². The number of rotatable bonds is 2. The molecule has 0 unspecified atom stereocenters. The van der Waals surface area contributed by atoms with Gasteiger partial charge in [0.05, 0.1) is 0 Å². The number of furan rings is 4. The molecule has 0 spiro atoms. The number of hydrogen-bond acceptors (Lipinski definition) is 4. The van der Waals surface area contributed by atoms with E-state index in [1.54, 1.807) is 0 Å². The zero-order chi connectivity index (χ0) is 32.5. The van der Waals surface area contributed by atoms with Crippen LogP contribution in [-0.4, -0.2) is 0 Å². The van der Waals surface area contributed by atoms with Crippen LogP contribution in [0.25, 0.3) is 121 Å². The number of hydrogen-bond donors (Lipinski definition) is 0. The predicted octanol–water partition coefficient (Wildman–Crippen LogP) is 13.8. The van der Waals surface area contributed by atoms with E-state index >= 15 is 0 Å². The third kappa shape index (κ3) is 3.39. The molecule has 4 nitrogen and oxygen atoms in total. The highest BCUT2D eigenvalue weighted by molar-refractivity contribution is 6.27. The number of benzene rings is 8. The van der Waals surface area contributed by atoms with Crippen molar-refractivity contribution in [3.8, 4) is 22.5 Å². The van der Waals surface area contributed by atoms with Gasteiger partial charge in [0.1, 0.15) is 33.7 Å².